The van der Waals surface area contributed by atoms with Crippen LogP contribution >= 0.6 is 15.9 Å². The fraction of sp³-hybridized carbons (Fsp3) is 0.545. The van der Waals surface area contributed by atoms with Crippen molar-refractivity contribution < 1.29 is 4.74 Å². The first kappa shape index (κ1) is 12.6. The van der Waals surface area contributed by atoms with E-state index < -0.39 is 0 Å². The second-order valence-corrected chi connectivity index (χ2v) is 4.99. The molecule has 0 amide bonds. The number of halogens is 1. The fourth-order valence-corrected chi connectivity index (χ4v) is 1.54. The fourth-order valence-electron chi connectivity index (χ4n) is 1.13. The Balaban J connectivity index is 2.38. The average Bonchev–Trinajstić information content (AvgIpc) is 2.18. The molecule has 0 spiro atoms. The van der Waals surface area contributed by atoms with Gasteiger partial charge in [0.2, 0.25) is 0 Å². The third-order valence-electron chi connectivity index (χ3n) is 2.19. The molecule has 0 saturated carbocycles. The maximum Gasteiger partial charge on any atom is 0.0746 e. The molecule has 3 nitrogen and oxygen atoms in total. The quantitative estimate of drug-likeness (QED) is 0.894. The van der Waals surface area contributed by atoms with Crippen molar-refractivity contribution >= 4 is 15.9 Å². The van der Waals surface area contributed by atoms with Crippen molar-refractivity contribution in [2.75, 3.05) is 13.7 Å². The van der Waals surface area contributed by atoms with Gasteiger partial charge in [0.05, 0.1) is 5.60 Å². The topological polar surface area (TPSA) is 34.1 Å². The first-order chi connectivity index (χ1) is 7.03. The Hall–Kier alpha value is -0.450. The van der Waals surface area contributed by atoms with Crippen molar-refractivity contribution in [3.63, 3.8) is 0 Å². The summed E-state index contributed by atoms with van der Waals surface area (Å²) in [6.07, 6.45) is 3.64. The molecule has 0 radical (unpaired) electrons. The van der Waals surface area contributed by atoms with Crippen LogP contribution in [0.15, 0.2) is 22.9 Å². The predicted octanol–water partition coefficient (Wildman–Crippen LogP) is 2.36. The first-order valence-corrected chi connectivity index (χ1v) is 5.68. The van der Waals surface area contributed by atoms with Crippen LogP contribution < -0.4 is 5.32 Å². The van der Waals surface area contributed by atoms with Crippen LogP contribution in [0.2, 0.25) is 0 Å². The molecule has 0 aliphatic rings. The SMILES string of the molecule is COC(C)(C)CNCc1cncc(Br)c1. The summed E-state index contributed by atoms with van der Waals surface area (Å²) in [5.41, 5.74) is 1.04. The van der Waals surface area contributed by atoms with Gasteiger partial charge in [-0.05, 0) is 41.4 Å². The molecule has 4 heteroatoms. The highest BCUT2D eigenvalue weighted by atomic mass is 79.9. The number of hydrogen-bond donors (Lipinski definition) is 1. The van der Waals surface area contributed by atoms with Gasteiger partial charge in [0, 0.05) is 37.1 Å². The van der Waals surface area contributed by atoms with Crippen molar-refractivity contribution in [2.24, 2.45) is 0 Å². The first-order valence-electron chi connectivity index (χ1n) is 4.89. The van der Waals surface area contributed by atoms with Gasteiger partial charge in [0.1, 0.15) is 0 Å². The van der Waals surface area contributed by atoms with Gasteiger partial charge in [-0.3, -0.25) is 4.98 Å². The molecule has 0 bridgehead atoms. The molecule has 1 aromatic rings. The van der Waals surface area contributed by atoms with Crippen LogP contribution in [-0.2, 0) is 11.3 Å². The summed E-state index contributed by atoms with van der Waals surface area (Å²) in [5.74, 6) is 0. The van der Waals surface area contributed by atoms with E-state index >= 15 is 0 Å². The maximum atomic E-state index is 5.31. The monoisotopic (exact) mass is 272 g/mol. The Morgan fingerprint density at radius 2 is 2.20 bits per heavy atom. The Morgan fingerprint density at radius 3 is 2.80 bits per heavy atom. The van der Waals surface area contributed by atoms with E-state index in [-0.39, 0.29) is 5.60 Å². The summed E-state index contributed by atoms with van der Waals surface area (Å²) >= 11 is 3.39. The molecule has 1 aromatic heterocycles. The molecule has 84 valence electrons. The van der Waals surface area contributed by atoms with Gasteiger partial charge in [0.25, 0.3) is 0 Å². The van der Waals surface area contributed by atoms with Crippen LogP contribution in [0.25, 0.3) is 0 Å². The number of rotatable bonds is 5. The van der Waals surface area contributed by atoms with Gasteiger partial charge in [0.15, 0.2) is 0 Å². The van der Waals surface area contributed by atoms with Gasteiger partial charge in [-0.15, -0.1) is 0 Å². The molecular formula is C11H17BrN2O. The molecule has 0 aliphatic carbocycles. The lowest BCUT2D eigenvalue weighted by atomic mass is 10.1. The largest absolute Gasteiger partial charge is 0.377 e. The number of hydrogen-bond acceptors (Lipinski definition) is 3. The van der Waals surface area contributed by atoms with Crippen molar-refractivity contribution in [1.29, 1.82) is 0 Å². The Kier molecular flexibility index (Phi) is 4.70. The third-order valence-corrected chi connectivity index (χ3v) is 2.63. The third kappa shape index (κ3) is 4.73. The minimum atomic E-state index is -0.126. The van der Waals surface area contributed by atoms with E-state index in [1.165, 1.54) is 0 Å². The molecule has 1 N–H and O–H groups in total. The van der Waals surface area contributed by atoms with E-state index in [9.17, 15) is 0 Å². The zero-order valence-corrected chi connectivity index (χ0v) is 11.0. The van der Waals surface area contributed by atoms with Crippen molar-refractivity contribution in [3.05, 3.63) is 28.5 Å². The van der Waals surface area contributed by atoms with Crippen LogP contribution in [-0.4, -0.2) is 24.2 Å². The van der Waals surface area contributed by atoms with Crippen molar-refractivity contribution in [3.8, 4) is 0 Å². The normalized spacial score (nSPS) is 11.7. The zero-order chi connectivity index (χ0) is 11.3. The number of nitrogens with zero attached hydrogens (tertiary/aromatic N) is 1. The Labute approximate surface area is 99.4 Å². The van der Waals surface area contributed by atoms with Gasteiger partial charge >= 0.3 is 0 Å². The van der Waals surface area contributed by atoms with Crippen molar-refractivity contribution in [2.45, 2.75) is 26.0 Å². The van der Waals surface area contributed by atoms with Crippen molar-refractivity contribution in [1.82, 2.24) is 10.3 Å². The van der Waals surface area contributed by atoms with Gasteiger partial charge in [-0.1, -0.05) is 0 Å². The number of nitrogens with one attached hydrogen (secondary N) is 1. The summed E-state index contributed by atoms with van der Waals surface area (Å²) in [6.45, 7) is 5.73. The Bertz CT molecular complexity index is 315. The minimum absolute atomic E-state index is 0.126. The maximum absolute atomic E-state index is 5.31. The summed E-state index contributed by atoms with van der Waals surface area (Å²) < 4.78 is 6.32. The summed E-state index contributed by atoms with van der Waals surface area (Å²) in [5, 5.41) is 3.33. The predicted molar refractivity (Wildman–Crippen MR) is 64.7 cm³/mol. The molecule has 0 atom stereocenters. The highest BCUT2D eigenvalue weighted by Crippen LogP contribution is 2.10. The second kappa shape index (κ2) is 5.58. The number of pyridine rings is 1. The van der Waals surface area contributed by atoms with Gasteiger partial charge in [-0.25, -0.2) is 0 Å². The second-order valence-electron chi connectivity index (χ2n) is 4.08. The van der Waals surface area contributed by atoms with Crippen LogP contribution in [0.3, 0.4) is 0 Å². The lowest BCUT2D eigenvalue weighted by Crippen LogP contribution is -2.36. The standard InChI is InChI=1S/C11H17BrN2O/c1-11(2,15-3)8-14-6-9-4-10(12)7-13-5-9/h4-5,7,14H,6,8H2,1-3H3. The molecule has 0 unspecified atom stereocenters. The van der Waals surface area contributed by atoms with Crippen LogP contribution in [0.1, 0.15) is 19.4 Å². The minimum Gasteiger partial charge on any atom is -0.377 e. The van der Waals surface area contributed by atoms with Crippen LogP contribution in [0.5, 0.6) is 0 Å². The van der Waals surface area contributed by atoms with Crippen LogP contribution in [0, 0.1) is 0 Å². The zero-order valence-electron chi connectivity index (χ0n) is 9.38. The smallest absolute Gasteiger partial charge is 0.0746 e. The molecule has 1 heterocycles. The summed E-state index contributed by atoms with van der Waals surface area (Å²) in [6, 6.07) is 2.06. The molecule has 15 heavy (non-hydrogen) atoms. The van der Waals surface area contributed by atoms with Gasteiger partial charge in [-0.2, -0.15) is 0 Å². The highest BCUT2D eigenvalue weighted by molar-refractivity contribution is 9.10. The molecule has 0 saturated heterocycles. The summed E-state index contributed by atoms with van der Waals surface area (Å²) in [4.78, 5) is 4.10. The van der Waals surface area contributed by atoms with Gasteiger partial charge < -0.3 is 10.1 Å². The van der Waals surface area contributed by atoms with E-state index in [2.05, 4.69) is 46.1 Å². The molecule has 0 aliphatic heterocycles. The summed E-state index contributed by atoms with van der Waals surface area (Å²) in [7, 11) is 1.72. The molecule has 0 aromatic carbocycles. The van der Waals surface area contributed by atoms with E-state index in [1.807, 2.05) is 6.20 Å². The number of aromatic nitrogens is 1. The molecule has 1 rings (SSSR count). The highest BCUT2D eigenvalue weighted by Gasteiger charge is 2.14. The molecule has 0 fully saturated rings. The lowest BCUT2D eigenvalue weighted by molar-refractivity contribution is 0.0230. The van der Waals surface area contributed by atoms with E-state index in [0.29, 0.717) is 0 Å². The van der Waals surface area contributed by atoms with E-state index in [0.717, 1.165) is 23.1 Å². The van der Waals surface area contributed by atoms with E-state index in [4.69, 9.17) is 4.74 Å². The molecular weight excluding hydrogens is 256 g/mol. The number of ether oxygens (including phenoxy) is 1. The average molecular weight is 273 g/mol. The van der Waals surface area contributed by atoms with E-state index in [1.54, 1.807) is 13.3 Å². The number of methoxy groups -OCH3 is 1. The van der Waals surface area contributed by atoms with Crippen LogP contribution in [0.4, 0.5) is 0 Å². The Morgan fingerprint density at radius 1 is 1.47 bits per heavy atom. The lowest BCUT2D eigenvalue weighted by Gasteiger charge is -2.23.